The van der Waals surface area contributed by atoms with Crippen molar-refractivity contribution in [2.75, 3.05) is 11.9 Å². The molecule has 1 aromatic rings. The Labute approximate surface area is 113 Å². The van der Waals surface area contributed by atoms with Crippen LogP contribution in [0.15, 0.2) is 24.3 Å². The van der Waals surface area contributed by atoms with E-state index in [1.54, 1.807) is 0 Å². The molecule has 0 heterocycles. The molecule has 0 atom stereocenters. The summed E-state index contributed by atoms with van der Waals surface area (Å²) in [6.07, 6.45) is 2.21. The van der Waals surface area contributed by atoms with Gasteiger partial charge >= 0.3 is 0 Å². The maximum Gasteiger partial charge on any atom is 0.221 e. The molecule has 5 heteroatoms. The summed E-state index contributed by atoms with van der Waals surface area (Å²) in [4.78, 5) is 21.4. The first kappa shape index (κ1) is 15.2. The summed E-state index contributed by atoms with van der Waals surface area (Å²) in [6, 6.07) is 7.71. The number of rotatable bonds is 8. The highest BCUT2D eigenvalue weighted by atomic mass is 16.1. The van der Waals surface area contributed by atoms with Gasteiger partial charge in [-0.1, -0.05) is 12.1 Å². The van der Waals surface area contributed by atoms with Gasteiger partial charge in [-0.2, -0.15) is 0 Å². The molecule has 0 bridgehead atoms. The largest absolute Gasteiger partial charge is 0.370 e. The minimum absolute atomic E-state index is 0.0691. The van der Waals surface area contributed by atoms with E-state index in [9.17, 15) is 9.59 Å². The smallest absolute Gasteiger partial charge is 0.221 e. The Morgan fingerprint density at radius 3 is 2.42 bits per heavy atom. The molecule has 0 aliphatic rings. The second-order valence-electron chi connectivity index (χ2n) is 4.48. The summed E-state index contributed by atoms with van der Waals surface area (Å²) in [6.45, 7) is 3.12. The molecule has 0 radical (unpaired) electrons. The Hall–Kier alpha value is -1.88. The number of amides is 2. The Morgan fingerprint density at radius 2 is 1.84 bits per heavy atom. The lowest BCUT2D eigenvalue weighted by atomic mass is 10.2. The Bertz CT molecular complexity index is 415. The van der Waals surface area contributed by atoms with Crippen LogP contribution in [0.3, 0.4) is 0 Å². The van der Waals surface area contributed by atoms with E-state index in [1.165, 1.54) is 6.92 Å². The van der Waals surface area contributed by atoms with Gasteiger partial charge in [-0.15, -0.1) is 0 Å². The molecule has 104 valence electrons. The van der Waals surface area contributed by atoms with Crippen molar-refractivity contribution in [3.05, 3.63) is 29.8 Å². The van der Waals surface area contributed by atoms with Crippen molar-refractivity contribution in [3.63, 3.8) is 0 Å². The Balaban J connectivity index is 2.19. The molecule has 0 saturated heterocycles. The van der Waals surface area contributed by atoms with Gasteiger partial charge in [0.05, 0.1) is 0 Å². The summed E-state index contributed by atoms with van der Waals surface area (Å²) in [5, 5.41) is 6.02. The maximum atomic E-state index is 10.9. The van der Waals surface area contributed by atoms with Crippen LogP contribution < -0.4 is 16.4 Å². The molecular weight excluding hydrogens is 242 g/mol. The van der Waals surface area contributed by atoms with E-state index >= 15 is 0 Å². The summed E-state index contributed by atoms with van der Waals surface area (Å²) in [7, 11) is 0. The van der Waals surface area contributed by atoms with E-state index in [2.05, 4.69) is 10.6 Å². The van der Waals surface area contributed by atoms with Gasteiger partial charge in [-0.25, -0.2) is 0 Å². The van der Waals surface area contributed by atoms with Crippen LogP contribution in [-0.2, 0) is 16.1 Å². The highest BCUT2D eigenvalue weighted by molar-refractivity contribution is 5.88. The molecule has 1 aromatic carbocycles. The van der Waals surface area contributed by atoms with E-state index < -0.39 is 0 Å². The molecule has 4 N–H and O–H groups in total. The summed E-state index contributed by atoms with van der Waals surface area (Å²) < 4.78 is 0. The zero-order chi connectivity index (χ0) is 14.1. The van der Waals surface area contributed by atoms with Crippen molar-refractivity contribution in [1.29, 1.82) is 0 Å². The van der Waals surface area contributed by atoms with E-state index in [1.807, 2.05) is 24.3 Å². The van der Waals surface area contributed by atoms with Gasteiger partial charge in [0.15, 0.2) is 0 Å². The summed E-state index contributed by atoms with van der Waals surface area (Å²) >= 11 is 0. The SMILES string of the molecule is CC(=O)Nc1ccc(CNCCCCC(N)=O)cc1. The van der Waals surface area contributed by atoms with E-state index in [4.69, 9.17) is 5.73 Å². The van der Waals surface area contributed by atoms with Crippen molar-refractivity contribution >= 4 is 17.5 Å². The van der Waals surface area contributed by atoms with Crippen LogP contribution in [0.4, 0.5) is 5.69 Å². The molecule has 1 rings (SSSR count). The first-order chi connectivity index (χ1) is 9.08. The third-order valence-corrected chi connectivity index (χ3v) is 2.63. The van der Waals surface area contributed by atoms with Crippen molar-refractivity contribution in [3.8, 4) is 0 Å². The van der Waals surface area contributed by atoms with Gasteiger partial charge in [0, 0.05) is 25.6 Å². The number of primary amides is 1. The predicted octanol–water partition coefficient (Wildman–Crippen LogP) is 1.39. The topological polar surface area (TPSA) is 84.2 Å². The zero-order valence-electron chi connectivity index (χ0n) is 11.2. The quantitative estimate of drug-likeness (QED) is 0.620. The first-order valence-electron chi connectivity index (χ1n) is 6.43. The monoisotopic (exact) mass is 263 g/mol. The lowest BCUT2D eigenvalue weighted by molar-refractivity contribution is -0.118. The van der Waals surface area contributed by atoms with Gasteiger partial charge in [0.25, 0.3) is 0 Å². The number of benzene rings is 1. The molecule has 0 fully saturated rings. The number of nitrogens with one attached hydrogen (secondary N) is 2. The number of carbonyl (C=O) groups is 2. The molecular formula is C14H21N3O2. The fraction of sp³-hybridized carbons (Fsp3) is 0.429. The van der Waals surface area contributed by atoms with Gasteiger partial charge in [-0.3, -0.25) is 9.59 Å². The molecule has 0 unspecified atom stereocenters. The summed E-state index contributed by atoms with van der Waals surface area (Å²) in [5.41, 5.74) is 7.02. The van der Waals surface area contributed by atoms with Crippen molar-refractivity contribution in [2.45, 2.75) is 32.7 Å². The Morgan fingerprint density at radius 1 is 1.16 bits per heavy atom. The van der Waals surface area contributed by atoms with Crippen molar-refractivity contribution < 1.29 is 9.59 Å². The molecule has 0 aliphatic heterocycles. The van der Waals surface area contributed by atoms with Crippen LogP contribution in [0.1, 0.15) is 31.7 Å². The zero-order valence-corrected chi connectivity index (χ0v) is 11.2. The number of anilines is 1. The Kier molecular flexibility index (Phi) is 6.60. The van der Waals surface area contributed by atoms with Crippen LogP contribution in [0.25, 0.3) is 0 Å². The van der Waals surface area contributed by atoms with Crippen LogP contribution in [0.5, 0.6) is 0 Å². The molecule has 5 nitrogen and oxygen atoms in total. The van der Waals surface area contributed by atoms with Crippen molar-refractivity contribution in [1.82, 2.24) is 5.32 Å². The minimum Gasteiger partial charge on any atom is -0.370 e. The third kappa shape index (κ3) is 7.21. The fourth-order valence-electron chi connectivity index (χ4n) is 1.69. The van der Waals surface area contributed by atoms with E-state index in [0.29, 0.717) is 6.42 Å². The number of nitrogens with two attached hydrogens (primary N) is 1. The lowest BCUT2D eigenvalue weighted by Crippen LogP contribution is -2.16. The first-order valence-corrected chi connectivity index (χ1v) is 6.43. The summed E-state index contributed by atoms with van der Waals surface area (Å²) in [5.74, 6) is -0.311. The van der Waals surface area contributed by atoms with Crippen molar-refractivity contribution in [2.24, 2.45) is 5.73 Å². The number of unbranched alkanes of at least 4 members (excludes halogenated alkanes) is 1. The van der Waals surface area contributed by atoms with Crippen LogP contribution in [0, 0.1) is 0 Å². The predicted molar refractivity (Wildman–Crippen MR) is 75.5 cm³/mol. The second kappa shape index (κ2) is 8.26. The molecule has 19 heavy (non-hydrogen) atoms. The third-order valence-electron chi connectivity index (χ3n) is 2.63. The van der Waals surface area contributed by atoms with Crippen LogP contribution in [-0.4, -0.2) is 18.4 Å². The van der Waals surface area contributed by atoms with Gasteiger partial charge in [0.1, 0.15) is 0 Å². The maximum absolute atomic E-state index is 10.9. The average molecular weight is 263 g/mol. The molecule has 0 aromatic heterocycles. The molecule has 2 amide bonds. The fourth-order valence-corrected chi connectivity index (χ4v) is 1.69. The number of hydrogen-bond donors (Lipinski definition) is 3. The second-order valence-corrected chi connectivity index (χ2v) is 4.48. The normalized spacial score (nSPS) is 10.2. The molecule has 0 aliphatic carbocycles. The van der Waals surface area contributed by atoms with Crippen LogP contribution >= 0.6 is 0 Å². The standard InChI is InChI=1S/C14H21N3O2/c1-11(18)17-13-7-5-12(6-8-13)10-16-9-3-2-4-14(15)19/h5-8,16H,2-4,9-10H2,1H3,(H2,15,19)(H,17,18). The lowest BCUT2D eigenvalue weighted by Gasteiger charge is -2.06. The van der Waals surface area contributed by atoms with E-state index in [0.717, 1.165) is 37.2 Å². The number of carbonyl (C=O) groups excluding carboxylic acids is 2. The van der Waals surface area contributed by atoms with Gasteiger partial charge < -0.3 is 16.4 Å². The molecule has 0 spiro atoms. The van der Waals surface area contributed by atoms with Crippen LogP contribution in [0.2, 0.25) is 0 Å². The average Bonchev–Trinajstić information content (AvgIpc) is 2.34. The number of hydrogen-bond acceptors (Lipinski definition) is 3. The van der Waals surface area contributed by atoms with Gasteiger partial charge in [-0.05, 0) is 37.1 Å². The highest BCUT2D eigenvalue weighted by Gasteiger charge is 1.97. The molecule has 0 saturated carbocycles. The highest BCUT2D eigenvalue weighted by Crippen LogP contribution is 2.09. The minimum atomic E-state index is -0.242. The van der Waals surface area contributed by atoms with Gasteiger partial charge in [0.2, 0.25) is 11.8 Å². The van der Waals surface area contributed by atoms with E-state index in [-0.39, 0.29) is 11.8 Å².